The molecule has 1 fully saturated rings. The Kier molecular flexibility index (Phi) is 2.33. The number of methoxy groups -OCH3 is 1. The first-order valence-corrected chi connectivity index (χ1v) is 4.78. The average Bonchev–Trinajstić information content (AvgIpc) is 2.95. The van der Waals surface area contributed by atoms with Gasteiger partial charge in [-0.3, -0.25) is 0 Å². The molecule has 3 nitrogen and oxygen atoms in total. The van der Waals surface area contributed by atoms with Gasteiger partial charge in [0, 0.05) is 6.07 Å². The molecule has 1 aromatic rings. The third-order valence-electron chi connectivity index (χ3n) is 2.46. The van der Waals surface area contributed by atoms with Gasteiger partial charge in [-0.25, -0.2) is 0 Å². The van der Waals surface area contributed by atoms with Gasteiger partial charge in [0.25, 0.3) is 0 Å². The molecule has 0 aliphatic heterocycles. The fourth-order valence-electron chi connectivity index (χ4n) is 1.22. The fourth-order valence-corrected chi connectivity index (χ4v) is 1.22. The van der Waals surface area contributed by atoms with E-state index < -0.39 is 0 Å². The monoisotopic (exact) mass is 193 g/mol. The lowest BCUT2D eigenvalue weighted by molar-refractivity contribution is 0.278. The van der Waals surface area contributed by atoms with E-state index in [-0.39, 0.29) is 5.54 Å². The molecule has 76 valence electrons. The molecule has 0 heterocycles. The van der Waals surface area contributed by atoms with E-state index in [0.29, 0.717) is 6.61 Å². The van der Waals surface area contributed by atoms with Gasteiger partial charge in [-0.15, -0.1) is 0 Å². The highest BCUT2D eigenvalue weighted by molar-refractivity contribution is 5.33. The summed E-state index contributed by atoms with van der Waals surface area (Å²) in [5.74, 6) is 1.63. The Morgan fingerprint density at radius 1 is 1.36 bits per heavy atom. The Hall–Kier alpha value is -1.22. The second-order valence-corrected chi connectivity index (χ2v) is 3.83. The topological polar surface area (TPSA) is 44.5 Å². The normalized spacial score (nSPS) is 17.6. The van der Waals surface area contributed by atoms with Crippen LogP contribution in [0.5, 0.6) is 11.5 Å². The van der Waals surface area contributed by atoms with Crippen LogP contribution in [0, 0.1) is 0 Å². The van der Waals surface area contributed by atoms with Crippen molar-refractivity contribution in [2.45, 2.75) is 18.4 Å². The second-order valence-electron chi connectivity index (χ2n) is 3.83. The van der Waals surface area contributed by atoms with Gasteiger partial charge >= 0.3 is 0 Å². The average molecular weight is 193 g/mol. The minimum Gasteiger partial charge on any atom is -0.497 e. The standard InChI is InChI=1S/C11H15NO2/c1-13-9-3-2-4-10(7-9)14-8-11(12)5-6-11/h2-4,7H,5-6,8,12H2,1H3. The SMILES string of the molecule is COc1cccc(OCC2(N)CC2)c1. The third-order valence-corrected chi connectivity index (χ3v) is 2.46. The summed E-state index contributed by atoms with van der Waals surface area (Å²) in [6.07, 6.45) is 2.13. The maximum Gasteiger partial charge on any atom is 0.123 e. The van der Waals surface area contributed by atoms with Crippen molar-refractivity contribution >= 4 is 0 Å². The second kappa shape index (κ2) is 3.50. The smallest absolute Gasteiger partial charge is 0.123 e. The Morgan fingerprint density at radius 2 is 2.07 bits per heavy atom. The van der Waals surface area contributed by atoms with Crippen LogP contribution in [0.25, 0.3) is 0 Å². The van der Waals surface area contributed by atoms with Crippen molar-refractivity contribution in [3.8, 4) is 11.5 Å². The highest BCUT2D eigenvalue weighted by Crippen LogP contribution is 2.33. The molecule has 0 atom stereocenters. The quantitative estimate of drug-likeness (QED) is 0.789. The molecule has 1 aliphatic rings. The molecule has 1 aliphatic carbocycles. The Labute approximate surface area is 83.8 Å². The van der Waals surface area contributed by atoms with Gasteiger partial charge in [-0.1, -0.05) is 6.07 Å². The van der Waals surface area contributed by atoms with Crippen molar-refractivity contribution in [3.63, 3.8) is 0 Å². The number of hydrogen-bond donors (Lipinski definition) is 1. The van der Waals surface area contributed by atoms with E-state index in [4.69, 9.17) is 15.2 Å². The summed E-state index contributed by atoms with van der Waals surface area (Å²) in [6, 6.07) is 7.58. The van der Waals surface area contributed by atoms with Crippen molar-refractivity contribution in [1.82, 2.24) is 0 Å². The molecule has 0 radical (unpaired) electrons. The number of ether oxygens (including phenoxy) is 2. The molecule has 3 heteroatoms. The van der Waals surface area contributed by atoms with Crippen LogP contribution in [0.15, 0.2) is 24.3 Å². The van der Waals surface area contributed by atoms with E-state index in [0.717, 1.165) is 24.3 Å². The lowest BCUT2D eigenvalue weighted by Gasteiger charge is -2.11. The van der Waals surface area contributed by atoms with E-state index >= 15 is 0 Å². The number of benzene rings is 1. The third kappa shape index (κ3) is 2.17. The van der Waals surface area contributed by atoms with E-state index in [1.165, 1.54) is 0 Å². The first-order valence-electron chi connectivity index (χ1n) is 4.78. The van der Waals surface area contributed by atoms with Crippen LogP contribution in [-0.4, -0.2) is 19.3 Å². The van der Waals surface area contributed by atoms with E-state index in [1.54, 1.807) is 7.11 Å². The number of rotatable bonds is 4. The first-order chi connectivity index (χ1) is 6.72. The summed E-state index contributed by atoms with van der Waals surface area (Å²) < 4.78 is 10.7. The lowest BCUT2D eigenvalue weighted by Crippen LogP contribution is -2.29. The van der Waals surface area contributed by atoms with Crippen molar-refractivity contribution in [1.29, 1.82) is 0 Å². The summed E-state index contributed by atoms with van der Waals surface area (Å²) in [7, 11) is 1.64. The number of hydrogen-bond acceptors (Lipinski definition) is 3. The Morgan fingerprint density at radius 3 is 2.71 bits per heavy atom. The first kappa shape index (κ1) is 9.34. The molecule has 0 saturated heterocycles. The van der Waals surface area contributed by atoms with E-state index in [1.807, 2.05) is 24.3 Å². The van der Waals surface area contributed by atoms with Crippen LogP contribution in [0.2, 0.25) is 0 Å². The van der Waals surface area contributed by atoms with Gasteiger partial charge in [0.05, 0.1) is 12.6 Å². The maximum atomic E-state index is 5.91. The summed E-state index contributed by atoms with van der Waals surface area (Å²) in [4.78, 5) is 0. The van der Waals surface area contributed by atoms with E-state index in [2.05, 4.69) is 0 Å². The van der Waals surface area contributed by atoms with Crippen molar-refractivity contribution in [2.75, 3.05) is 13.7 Å². The zero-order valence-electron chi connectivity index (χ0n) is 8.32. The molecule has 0 bridgehead atoms. The highest BCUT2D eigenvalue weighted by Gasteiger charge is 2.39. The molecule has 0 aromatic heterocycles. The molecule has 1 saturated carbocycles. The van der Waals surface area contributed by atoms with Crippen molar-refractivity contribution < 1.29 is 9.47 Å². The lowest BCUT2D eigenvalue weighted by atomic mass is 10.3. The van der Waals surface area contributed by atoms with Crippen LogP contribution in [0.3, 0.4) is 0 Å². The van der Waals surface area contributed by atoms with Crippen LogP contribution in [0.4, 0.5) is 0 Å². The minimum absolute atomic E-state index is 0.0664. The van der Waals surface area contributed by atoms with Crippen LogP contribution < -0.4 is 15.2 Å². The van der Waals surface area contributed by atoms with Crippen molar-refractivity contribution in [2.24, 2.45) is 5.73 Å². The van der Waals surface area contributed by atoms with Crippen LogP contribution in [0.1, 0.15) is 12.8 Å². The highest BCUT2D eigenvalue weighted by atomic mass is 16.5. The molecule has 0 amide bonds. The molecule has 1 aromatic carbocycles. The van der Waals surface area contributed by atoms with Gasteiger partial charge in [0.15, 0.2) is 0 Å². The van der Waals surface area contributed by atoms with Crippen LogP contribution >= 0.6 is 0 Å². The Bertz CT molecular complexity index is 321. The van der Waals surface area contributed by atoms with Crippen LogP contribution in [-0.2, 0) is 0 Å². The zero-order chi connectivity index (χ0) is 10.0. The fraction of sp³-hybridized carbons (Fsp3) is 0.455. The summed E-state index contributed by atoms with van der Waals surface area (Å²) in [5.41, 5.74) is 5.84. The minimum atomic E-state index is -0.0664. The molecule has 14 heavy (non-hydrogen) atoms. The summed E-state index contributed by atoms with van der Waals surface area (Å²) >= 11 is 0. The predicted molar refractivity (Wildman–Crippen MR) is 54.6 cm³/mol. The molecule has 2 rings (SSSR count). The van der Waals surface area contributed by atoms with Gasteiger partial charge in [0.2, 0.25) is 0 Å². The van der Waals surface area contributed by atoms with Gasteiger partial charge in [-0.05, 0) is 25.0 Å². The molecular weight excluding hydrogens is 178 g/mol. The summed E-state index contributed by atoms with van der Waals surface area (Å²) in [5, 5.41) is 0. The van der Waals surface area contributed by atoms with Gasteiger partial charge in [0.1, 0.15) is 18.1 Å². The van der Waals surface area contributed by atoms with Gasteiger partial charge < -0.3 is 15.2 Å². The molecule has 0 unspecified atom stereocenters. The maximum absolute atomic E-state index is 5.91. The van der Waals surface area contributed by atoms with Gasteiger partial charge in [-0.2, -0.15) is 0 Å². The zero-order valence-corrected chi connectivity index (χ0v) is 8.32. The van der Waals surface area contributed by atoms with Crippen molar-refractivity contribution in [3.05, 3.63) is 24.3 Å². The molecular formula is C11H15NO2. The Balaban J connectivity index is 1.94. The predicted octanol–water partition coefficient (Wildman–Crippen LogP) is 1.57. The van der Waals surface area contributed by atoms with E-state index in [9.17, 15) is 0 Å². The number of nitrogens with two attached hydrogens (primary N) is 1. The molecule has 2 N–H and O–H groups in total. The largest absolute Gasteiger partial charge is 0.497 e. The summed E-state index contributed by atoms with van der Waals surface area (Å²) in [6.45, 7) is 0.597. The molecule has 0 spiro atoms.